The van der Waals surface area contributed by atoms with Crippen LogP contribution >= 0.6 is 11.3 Å². The van der Waals surface area contributed by atoms with Crippen LogP contribution in [0, 0.1) is 13.8 Å². The summed E-state index contributed by atoms with van der Waals surface area (Å²) in [4.78, 5) is 7.13. The number of benzene rings is 1. The number of hydrogen-bond donors (Lipinski definition) is 1. The summed E-state index contributed by atoms with van der Waals surface area (Å²) >= 11 is 1.74. The topological polar surface area (TPSA) is 67.1 Å². The lowest BCUT2D eigenvalue weighted by molar-refractivity contribution is 0.294. The van der Waals surface area contributed by atoms with Crippen LogP contribution in [0.15, 0.2) is 12.1 Å². The molecule has 0 spiro atoms. The minimum absolute atomic E-state index is 0.109. The van der Waals surface area contributed by atoms with Gasteiger partial charge in [-0.25, -0.2) is 4.98 Å². The summed E-state index contributed by atoms with van der Waals surface area (Å²) in [5.74, 6) is 1.82. The van der Waals surface area contributed by atoms with Crippen LogP contribution in [0.25, 0.3) is 10.2 Å². The van der Waals surface area contributed by atoms with E-state index in [1.165, 1.54) is 15.8 Å². The molecule has 3 aromatic rings. The third-order valence-electron chi connectivity index (χ3n) is 4.51. The summed E-state index contributed by atoms with van der Waals surface area (Å²) in [6.45, 7) is 6.82. The second-order valence-corrected chi connectivity index (χ2v) is 6.94. The highest BCUT2D eigenvalue weighted by Crippen LogP contribution is 2.33. The predicted molar refractivity (Wildman–Crippen MR) is 91.0 cm³/mol. The zero-order valence-electron chi connectivity index (χ0n) is 13.3. The maximum atomic E-state index is 9.10. The van der Waals surface area contributed by atoms with E-state index in [-0.39, 0.29) is 6.61 Å². The van der Waals surface area contributed by atoms with Crippen molar-refractivity contribution < 1.29 is 5.11 Å². The van der Waals surface area contributed by atoms with E-state index in [0.717, 1.165) is 41.9 Å². The van der Waals surface area contributed by atoms with Gasteiger partial charge in [0.05, 0.1) is 23.4 Å². The van der Waals surface area contributed by atoms with Crippen molar-refractivity contribution in [2.24, 2.45) is 0 Å². The highest BCUT2D eigenvalue weighted by molar-refractivity contribution is 7.22. The fraction of sp³-hybridized carbons (Fsp3) is 0.438. The Bertz CT molecular complexity index is 869. The van der Waals surface area contributed by atoms with Gasteiger partial charge in [0.2, 0.25) is 0 Å². The van der Waals surface area contributed by atoms with Crippen molar-refractivity contribution in [1.29, 1.82) is 0 Å². The van der Waals surface area contributed by atoms with Crippen LogP contribution in [-0.4, -0.2) is 38.0 Å². The van der Waals surface area contributed by atoms with Crippen molar-refractivity contribution in [3.8, 4) is 0 Å². The van der Waals surface area contributed by atoms with Crippen LogP contribution < -0.4 is 4.90 Å². The Morgan fingerprint density at radius 2 is 2.09 bits per heavy atom. The molecule has 1 aliphatic rings. The molecule has 3 heterocycles. The van der Waals surface area contributed by atoms with E-state index in [0.29, 0.717) is 6.42 Å². The first-order chi connectivity index (χ1) is 11.2. The normalized spacial score (nSPS) is 14.5. The van der Waals surface area contributed by atoms with Gasteiger partial charge in [-0.2, -0.15) is 0 Å². The molecule has 6 nitrogen and oxygen atoms in total. The molecule has 0 saturated heterocycles. The minimum atomic E-state index is 0.109. The first-order valence-corrected chi connectivity index (χ1v) is 8.62. The summed E-state index contributed by atoms with van der Waals surface area (Å²) in [5.41, 5.74) is 3.65. The summed E-state index contributed by atoms with van der Waals surface area (Å²) in [5, 5.41) is 18.6. The molecule has 0 saturated carbocycles. The van der Waals surface area contributed by atoms with E-state index in [1.807, 2.05) is 0 Å². The molecule has 1 N–H and O–H groups in total. The molecule has 2 aromatic heterocycles. The van der Waals surface area contributed by atoms with Crippen molar-refractivity contribution in [3.05, 3.63) is 34.9 Å². The van der Waals surface area contributed by atoms with Gasteiger partial charge in [0, 0.05) is 19.5 Å². The fourth-order valence-electron chi connectivity index (χ4n) is 3.02. The second-order valence-electron chi connectivity index (χ2n) is 5.93. The highest BCUT2D eigenvalue weighted by atomic mass is 32.1. The zero-order valence-corrected chi connectivity index (χ0v) is 14.1. The van der Waals surface area contributed by atoms with Crippen molar-refractivity contribution in [2.45, 2.75) is 33.4 Å². The Balaban J connectivity index is 1.65. The minimum Gasteiger partial charge on any atom is -0.396 e. The number of aliphatic hydroxyl groups is 1. The molecule has 23 heavy (non-hydrogen) atoms. The lowest BCUT2D eigenvalue weighted by atomic mass is 10.1. The molecule has 0 radical (unpaired) electrons. The predicted octanol–water partition coefficient (Wildman–Crippen LogP) is 2.06. The lowest BCUT2D eigenvalue weighted by Crippen LogP contribution is -2.34. The summed E-state index contributed by atoms with van der Waals surface area (Å²) < 4.78 is 3.35. The van der Waals surface area contributed by atoms with Crippen molar-refractivity contribution in [2.75, 3.05) is 18.1 Å². The van der Waals surface area contributed by atoms with Crippen molar-refractivity contribution in [3.63, 3.8) is 0 Å². The van der Waals surface area contributed by atoms with Crippen LogP contribution in [0.3, 0.4) is 0 Å². The van der Waals surface area contributed by atoms with E-state index in [2.05, 4.69) is 45.6 Å². The van der Waals surface area contributed by atoms with Gasteiger partial charge in [0.1, 0.15) is 5.82 Å². The molecule has 120 valence electrons. The Morgan fingerprint density at radius 1 is 1.22 bits per heavy atom. The van der Waals surface area contributed by atoms with Crippen LogP contribution in [0.4, 0.5) is 5.13 Å². The maximum absolute atomic E-state index is 9.10. The van der Waals surface area contributed by atoms with Crippen LogP contribution in [0.2, 0.25) is 0 Å². The number of nitrogens with zero attached hydrogens (tertiary/aromatic N) is 5. The number of thiazole rings is 1. The SMILES string of the molecule is Cc1ccc2sc(N3CCn4c(CCO)nnc4C3)nc2c1C. The molecule has 0 unspecified atom stereocenters. The third-order valence-corrected chi connectivity index (χ3v) is 5.59. The number of aromatic nitrogens is 4. The van der Waals surface area contributed by atoms with Gasteiger partial charge in [-0.05, 0) is 31.0 Å². The van der Waals surface area contributed by atoms with Gasteiger partial charge in [-0.1, -0.05) is 17.4 Å². The van der Waals surface area contributed by atoms with Crippen molar-refractivity contribution >= 4 is 26.7 Å². The number of hydrogen-bond acceptors (Lipinski definition) is 6. The average molecular weight is 329 g/mol. The first kappa shape index (κ1) is 14.6. The average Bonchev–Trinajstić information content (AvgIpc) is 3.16. The van der Waals surface area contributed by atoms with Gasteiger partial charge >= 0.3 is 0 Å². The highest BCUT2D eigenvalue weighted by Gasteiger charge is 2.23. The number of fused-ring (bicyclic) bond motifs is 2. The molecule has 0 atom stereocenters. The summed E-state index contributed by atoms with van der Waals surface area (Å²) in [7, 11) is 0. The summed E-state index contributed by atoms with van der Waals surface area (Å²) in [6, 6.07) is 4.32. The van der Waals surface area contributed by atoms with Gasteiger partial charge in [0.15, 0.2) is 11.0 Å². The molecule has 1 aliphatic heterocycles. The van der Waals surface area contributed by atoms with E-state index in [1.54, 1.807) is 11.3 Å². The van der Waals surface area contributed by atoms with Crippen molar-refractivity contribution in [1.82, 2.24) is 19.7 Å². The number of rotatable bonds is 3. The van der Waals surface area contributed by atoms with Gasteiger partial charge < -0.3 is 14.6 Å². The Hall–Kier alpha value is -1.99. The molecule has 0 fully saturated rings. The molecule has 0 amide bonds. The zero-order chi connectivity index (χ0) is 16.0. The Kier molecular flexibility index (Phi) is 3.54. The van der Waals surface area contributed by atoms with E-state index in [4.69, 9.17) is 10.1 Å². The maximum Gasteiger partial charge on any atom is 0.186 e. The van der Waals surface area contributed by atoms with Crippen LogP contribution in [0.1, 0.15) is 22.8 Å². The molecule has 4 rings (SSSR count). The standard InChI is InChI=1S/C16H19N5OS/c1-10-3-4-12-15(11(10)2)17-16(23-12)20-6-7-21-13(5-8-22)18-19-14(21)9-20/h3-4,22H,5-9H2,1-2H3. The molecule has 0 bridgehead atoms. The van der Waals surface area contributed by atoms with E-state index >= 15 is 0 Å². The van der Waals surface area contributed by atoms with Gasteiger partial charge in [-0.15, -0.1) is 10.2 Å². The lowest BCUT2D eigenvalue weighted by Gasteiger charge is -2.27. The van der Waals surface area contributed by atoms with Gasteiger partial charge in [0.25, 0.3) is 0 Å². The first-order valence-electron chi connectivity index (χ1n) is 7.81. The number of aryl methyl sites for hydroxylation is 2. The molecule has 0 aliphatic carbocycles. The Labute approximate surface area is 138 Å². The van der Waals surface area contributed by atoms with E-state index < -0.39 is 0 Å². The monoisotopic (exact) mass is 329 g/mol. The number of anilines is 1. The Morgan fingerprint density at radius 3 is 2.91 bits per heavy atom. The third kappa shape index (κ3) is 2.40. The molecular weight excluding hydrogens is 310 g/mol. The second kappa shape index (κ2) is 5.58. The molecular formula is C16H19N5OS. The largest absolute Gasteiger partial charge is 0.396 e. The molecule has 7 heteroatoms. The van der Waals surface area contributed by atoms with Gasteiger partial charge in [-0.3, -0.25) is 0 Å². The van der Waals surface area contributed by atoms with Crippen LogP contribution in [0.5, 0.6) is 0 Å². The smallest absolute Gasteiger partial charge is 0.186 e. The van der Waals surface area contributed by atoms with Crippen LogP contribution in [-0.2, 0) is 19.5 Å². The summed E-state index contributed by atoms with van der Waals surface area (Å²) in [6.07, 6.45) is 0.562. The van der Waals surface area contributed by atoms with E-state index in [9.17, 15) is 0 Å². The number of aliphatic hydroxyl groups excluding tert-OH is 1. The molecule has 1 aromatic carbocycles. The quantitative estimate of drug-likeness (QED) is 0.797. The fourth-order valence-corrected chi connectivity index (χ4v) is 4.07.